The van der Waals surface area contributed by atoms with E-state index in [0.29, 0.717) is 35.7 Å². The lowest BCUT2D eigenvalue weighted by Gasteiger charge is -2.59. The minimum Gasteiger partial charge on any atom is -0.374 e. The molecule has 5 atom stereocenters. The molecule has 1 heterocycles. The van der Waals surface area contributed by atoms with Crippen molar-refractivity contribution >= 4 is 11.6 Å². The van der Waals surface area contributed by atoms with E-state index in [2.05, 4.69) is 25.7 Å². The van der Waals surface area contributed by atoms with Crippen LogP contribution in [0.1, 0.15) is 59.3 Å². The molecule has 3 nitrogen and oxygen atoms in total. The van der Waals surface area contributed by atoms with Crippen LogP contribution in [0.5, 0.6) is 0 Å². The highest BCUT2D eigenvalue weighted by Crippen LogP contribution is 2.62. The first-order valence-corrected chi connectivity index (χ1v) is 9.43. The molecule has 3 aliphatic carbocycles. The molecule has 126 valence electrons. The summed E-state index contributed by atoms with van der Waals surface area (Å²) < 4.78 is 0. The second-order valence-electron chi connectivity index (χ2n) is 8.75. The van der Waals surface area contributed by atoms with E-state index in [-0.39, 0.29) is 10.8 Å². The van der Waals surface area contributed by atoms with Crippen molar-refractivity contribution < 1.29 is 9.59 Å². The van der Waals surface area contributed by atoms with E-state index in [0.717, 1.165) is 45.2 Å². The Bertz CT molecular complexity index is 594. The van der Waals surface area contributed by atoms with Crippen molar-refractivity contribution in [1.29, 1.82) is 0 Å². The molecule has 0 spiro atoms. The van der Waals surface area contributed by atoms with Gasteiger partial charge in [-0.25, -0.2) is 0 Å². The molecule has 4 rings (SSSR count). The third-order valence-electron chi connectivity index (χ3n) is 7.89. The number of carbonyl (C=O) groups is 2. The second kappa shape index (κ2) is 4.94. The lowest BCUT2D eigenvalue weighted by molar-refractivity contribution is -0.134. The number of piperidine rings is 1. The number of likely N-dealkylation sites (tertiary alicyclic amines) is 1. The van der Waals surface area contributed by atoms with Crippen LogP contribution in [-0.2, 0) is 9.59 Å². The van der Waals surface area contributed by atoms with Crippen LogP contribution in [0.4, 0.5) is 0 Å². The highest BCUT2D eigenvalue weighted by Gasteiger charge is 2.60. The monoisotopic (exact) mass is 315 g/mol. The fourth-order valence-corrected chi connectivity index (χ4v) is 6.48. The van der Waals surface area contributed by atoms with Crippen LogP contribution in [0.2, 0.25) is 0 Å². The molecule has 3 heteroatoms. The van der Waals surface area contributed by atoms with Gasteiger partial charge in [-0.2, -0.15) is 0 Å². The summed E-state index contributed by atoms with van der Waals surface area (Å²) in [4.78, 5) is 27.0. The Morgan fingerprint density at radius 1 is 1.09 bits per heavy atom. The van der Waals surface area contributed by atoms with E-state index in [1.807, 2.05) is 6.08 Å². The Balaban J connectivity index is 1.75. The van der Waals surface area contributed by atoms with E-state index in [1.54, 1.807) is 0 Å². The number of ketones is 2. The summed E-state index contributed by atoms with van der Waals surface area (Å²) in [6, 6.07) is 0. The summed E-state index contributed by atoms with van der Waals surface area (Å²) in [6.45, 7) is 8.84. The third kappa shape index (κ3) is 1.94. The van der Waals surface area contributed by atoms with Crippen LogP contribution in [0, 0.1) is 28.6 Å². The SMILES string of the molecule is CCN1C[C@@H]2[C@H](CC[C@]3(C)C(=O)CC[C@@H]23)[C@@]2(C)CCC(=O)C=C12. The number of nitrogens with zero attached hydrogens (tertiary/aromatic N) is 1. The van der Waals surface area contributed by atoms with Crippen molar-refractivity contribution in [2.75, 3.05) is 13.1 Å². The lowest BCUT2D eigenvalue weighted by atomic mass is 9.50. The topological polar surface area (TPSA) is 37.4 Å². The van der Waals surface area contributed by atoms with Gasteiger partial charge in [0.25, 0.3) is 0 Å². The number of rotatable bonds is 1. The summed E-state index contributed by atoms with van der Waals surface area (Å²) in [5, 5.41) is 0. The third-order valence-corrected chi connectivity index (χ3v) is 7.89. The molecule has 0 aromatic heterocycles. The molecule has 0 N–H and O–H groups in total. The molecule has 0 amide bonds. The van der Waals surface area contributed by atoms with Crippen molar-refractivity contribution in [2.24, 2.45) is 28.6 Å². The van der Waals surface area contributed by atoms with Crippen molar-refractivity contribution in [3.63, 3.8) is 0 Å². The zero-order valence-corrected chi connectivity index (χ0v) is 14.7. The Morgan fingerprint density at radius 3 is 2.57 bits per heavy atom. The van der Waals surface area contributed by atoms with Crippen LogP contribution < -0.4 is 0 Å². The summed E-state index contributed by atoms with van der Waals surface area (Å²) in [5.74, 6) is 2.63. The number of hydrogen-bond donors (Lipinski definition) is 0. The second-order valence-corrected chi connectivity index (χ2v) is 8.75. The van der Waals surface area contributed by atoms with Crippen LogP contribution >= 0.6 is 0 Å². The van der Waals surface area contributed by atoms with Crippen molar-refractivity contribution in [3.8, 4) is 0 Å². The molecule has 3 fully saturated rings. The van der Waals surface area contributed by atoms with Crippen molar-refractivity contribution in [3.05, 3.63) is 11.8 Å². The average molecular weight is 315 g/mol. The first-order valence-electron chi connectivity index (χ1n) is 9.43. The van der Waals surface area contributed by atoms with Gasteiger partial charge < -0.3 is 4.90 Å². The summed E-state index contributed by atoms with van der Waals surface area (Å²) in [7, 11) is 0. The lowest BCUT2D eigenvalue weighted by Crippen LogP contribution is -2.57. The number of Topliss-reactive ketones (excluding diaryl/α,β-unsaturated/α-hetero) is 1. The highest BCUT2D eigenvalue weighted by atomic mass is 16.1. The Labute approximate surface area is 139 Å². The number of allylic oxidation sites excluding steroid dienone is 2. The normalized spacial score (nSPS) is 46.1. The predicted octanol–water partition coefficient (Wildman–Crippen LogP) is 3.59. The van der Waals surface area contributed by atoms with Gasteiger partial charge in [-0.15, -0.1) is 0 Å². The molecule has 0 radical (unpaired) electrons. The zero-order valence-electron chi connectivity index (χ0n) is 14.7. The molecule has 4 aliphatic rings. The fourth-order valence-electron chi connectivity index (χ4n) is 6.48. The predicted molar refractivity (Wildman–Crippen MR) is 89.7 cm³/mol. The molecule has 1 saturated heterocycles. The van der Waals surface area contributed by atoms with Gasteiger partial charge in [-0.05, 0) is 50.4 Å². The van der Waals surface area contributed by atoms with Crippen molar-refractivity contribution in [1.82, 2.24) is 4.90 Å². The molecular weight excluding hydrogens is 286 g/mol. The van der Waals surface area contributed by atoms with E-state index in [9.17, 15) is 9.59 Å². The highest BCUT2D eigenvalue weighted by molar-refractivity contribution is 5.91. The number of carbonyl (C=O) groups excluding carboxylic acids is 2. The van der Waals surface area contributed by atoms with Gasteiger partial charge in [0.05, 0.1) is 0 Å². The van der Waals surface area contributed by atoms with Gasteiger partial charge in [-0.3, -0.25) is 9.59 Å². The van der Waals surface area contributed by atoms with E-state index in [1.165, 1.54) is 5.70 Å². The van der Waals surface area contributed by atoms with Crippen LogP contribution in [0.3, 0.4) is 0 Å². The van der Waals surface area contributed by atoms with E-state index < -0.39 is 0 Å². The van der Waals surface area contributed by atoms with Gasteiger partial charge >= 0.3 is 0 Å². The molecule has 2 saturated carbocycles. The van der Waals surface area contributed by atoms with Crippen molar-refractivity contribution in [2.45, 2.75) is 59.3 Å². The number of hydrogen-bond acceptors (Lipinski definition) is 3. The number of fused-ring (bicyclic) bond motifs is 5. The zero-order chi connectivity index (χ0) is 16.4. The van der Waals surface area contributed by atoms with Gasteiger partial charge in [0.15, 0.2) is 5.78 Å². The molecule has 0 aromatic rings. The largest absolute Gasteiger partial charge is 0.374 e. The molecule has 0 aromatic carbocycles. The van der Waals surface area contributed by atoms with E-state index in [4.69, 9.17) is 0 Å². The first-order chi connectivity index (χ1) is 10.9. The molecular formula is C20H29NO2. The van der Waals surface area contributed by atoms with Gasteiger partial charge in [-0.1, -0.05) is 13.8 Å². The van der Waals surface area contributed by atoms with Gasteiger partial charge in [0, 0.05) is 48.5 Å². The fraction of sp³-hybridized carbons (Fsp3) is 0.800. The standard InChI is InChI=1S/C20H29NO2/c1-4-21-12-14-15-5-6-18(23)20(15,3)10-8-16(14)19(2)9-7-13(22)11-17(19)21/h11,14-16H,4-10,12H2,1-3H3/t14-,15-,16-,19+,20-/m0/s1. The quantitative estimate of drug-likeness (QED) is 0.742. The maximum Gasteiger partial charge on any atom is 0.157 e. The Hall–Kier alpha value is -1.12. The minimum absolute atomic E-state index is 0.0668. The maximum atomic E-state index is 12.5. The van der Waals surface area contributed by atoms with Crippen LogP contribution in [0.25, 0.3) is 0 Å². The summed E-state index contributed by atoms with van der Waals surface area (Å²) >= 11 is 0. The molecule has 23 heavy (non-hydrogen) atoms. The smallest absolute Gasteiger partial charge is 0.157 e. The average Bonchev–Trinajstić information content (AvgIpc) is 2.83. The van der Waals surface area contributed by atoms with Gasteiger partial charge in [0.2, 0.25) is 0 Å². The Kier molecular flexibility index (Phi) is 3.31. The van der Waals surface area contributed by atoms with Gasteiger partial charge in [0.1, 0.15) is 5.78 Å². The summed E-state index contributed by atoms with van der Waals surface area (Å²) in [6.07, 6.45) is 7.71. The summed E-state index contributed by atoms with van der Waals surface area (Å²) in [5.41, 5.74) is 1.37. The van der Waals surface area contributed by atoms with E-state index >= 15 is 0 Å². The Morgan fingerprint density at radius 2 is 1.83 bits per heavy atom. The van der Waals surface area contributed by atoms with Crippen LogP contribution in [-0.4, -0.2) is 29.6 Å². The first kappa shape index (κ1) is 15.4. The molecule has 1 aliphatic heterocycles. The minimum atomic E-state index is -0.0668. The molecule has 0 unspecified atom stereocenters. The van der Waals surface area contributed by atoms with Crippen LogP contribution in [0.15, 0.2) is 11.8 Å². The molecule has 0 bridgehead atoms. The maximum absolute atomic E-state index is 12.5.